The molecule has 1 aliphatic carbocycles. The molecule has 0 aromatic heterocycles. The second kappa shape index (κ2) is 7.95. The molecule has 1 N–H and O–H groups in total. The molecule has 0 radical (unpaired) electrons. The number of sulfonamides is 1. The zero-order chi connectivity index (χ0) is 21.6. The lowest BCUT2D eigenvalue weighted by Crippen LogP contribution is -2.30. The molecule has 0 fully saturated rings. The molecule has 3 nitrogen and oxygen atoms in total. The lowest BCUT2D eigenvalue weighted by atomic mass is 10.1. The fraction of sp³-hybridized carbons (Fsp3) is 0.0833. The Balaban J connectivity index is 1.58. The summed E-state index contributed by atoms with van der Waals surface area (Å²) < 4.78 is 42.7. The van der Waals surface area contributed by atoms with Crippen molar-refractivity contribution in [3.63, 3.8) is 0 Å². The Kier molecular flexibility index (Phi) is 5.26. The predicted octanol–water partition coefficient (Wildman–Crippen LogP) is 6.50. The van der Waals surface area contributed by atoms with Crippen LogP contribution in [0.5, 0.6) is 0 Å². The van der Waals surface area contributed by atoms with Gasteiger partial charge < -0.3 is 0 Å². The van der Waals surface area contributed by atoms with Gasteiger partial charge in [-0.3, -0.25) is 0 Å². The van der Waals surface area contributed by atoms with Crippen molar-refractivity contribution in [1.29, 1.82) is 0 Å². The number of nitrogens with one attached hydrogen (secondary N) is 1. The van der Waals surface area contributed by atoms with E-state index in [1.165, 1.54) is 36.0 Å². The Morgan fingerprint density at radius 2 is 1.48 bits per heavy atom. The summed E-state index contributed by atoms with van der Waals surface area (Å²) in [5.74, 6) is -0.304. The molecular weight excluding hydrogens is 453 g/mol. The van der Waals surface area contributed by atoms with Gasteiger partial charge >= 0.3 is 0 Å². The van der Waals surface area contributed by atoms with Gasteiger partial charge in [0.2, 0.25) is 10.0 Å². The average Bonchev–Trinajstić information content (AvgIpc) is 3.04. The lowest BCUT2D eigenvalue weighted by Gasteiger charge is -2.23. The molecule has 5 rings (SSSR count). The summed E-state index contributed by atoms with van der Waals surface area (Å²) in [5.41, 5.74) is 2.00. The number of hydrogen-bond donors (Lipinski definition) is 1. The van der Waals surface area contributed by atoms with Gasteiger partial charge in [0.1, 0.15) is 5.82 Å². The molecule has 31 heavy (non-hydrogen) atoms. The highest BCUT2D eigenvalue weighted by molar-refractivity contribution is 7.99. The summed E-state index contributed by atoms with van der Waals surface area (Å²) >= 11 is 7.45. The zero-order valence-corrected chi connectivity index (χ0v) is 18.5. The van der Waals surface area contributed by atoms with Crippen LogP contribution in [0.15, 0.2) is 94.7 Å². The van der Waals surface area contributed by atoms with Gasteiger partial charge in [0.25, 0.3) is 0 Å². The maximum Gasteiger partial charge on any atom is 0.241 e. The third-order valence-corrected chi connectivity index (χ3v) is 8.43. The number of hydrogen-bond acceptors (Lipinski definition) is 3. The molecule has 0 aliphatic heterocycles. The van der Waals surface area contributed by atoms with E-state index in [1.807, 2.05) is 36.4 Å². The third kappa shape index (κ3) is 3.85. The highest BCUT2D eigenvalue weighted by atomic mass is 35.5. The molecule has 7 heteroatoms. The van der Waals surface area contributed by atoms with Crippen molar-refractivity contribution in [2.75, 3.05) is 0 Å². The molecule has 0 spiro atoms. The van der Waals surface area contributed by atoms with Crippen LogP contribution < -0.4 is 4.72 Å². The van der Waals surface area contributed by atoms with Gasteiger partial charge in [0, 0.05) is 9.92 Å². The molecule has 0 saturated heterocycles. The summed E-state index contributed by atoms with van der Waals surface area (Å²) in [4.78, 5) is 1.03. The first-order valence-corrected chi connectivity index (χ1v) is 12.4. The van der Waals surface area contributed by atoms with Gasteiger partial charge in [-0.25, -0.2) is 17.5 Å². The highest BCUT2D eigenvalue weighted by Gasteiger charge is 2.37. The molecule has 0 bridgehead atoms. The van der Waals surface area contributed by atoms with Crippen LogP contribution in [0.4, 0.5) is 4.39 Å². The first kappa shape index (κ1) is 20.5. The zero-order valence-electron chi connectivity index (χ0n) is 16.1. The normalized spacial score (nSPS) is 17.9. The standard InChI is InChI=1S/C24H17ClFNO2S2/c25-16-7-13-19(14-8-16)31(28,29)27-23-20-5-1-3-15-4-2-6-21(22(15)20)24(23)30-18-11-9-17(26)10-12-18/h1-14,23-24,27H/t23-,24-/m1/s1. The van der Waals surface area contributed by atoms with E-state index in [1.54, 1.807) is 24.3 Å². The van der Waals surface area contributed by atoms with E-state index in [4.69, 9.17) is 11.6 Å². The second-order valence-corrected chi connectivity index (χ2v) is 10.7. The molecule has 0 unspecified atom stereocenters. The van der Waals surface area contributed by atoms with Crippen LogP contribution in [0.1, 0.15) is 22.4 Å². The van der Waals surface area contributed by atoms with Crippen LogP contribution in [0, 0.1) is 5.82 Å². The van der Waals surface area contributed by atoms with Crippen molar-refractivity contribution < 1.29 is 12.8 Å². The number of benzene rings is 4. The van der Waals surface area contributed by atoms with E-state index in [-0.39, 0.29) is 16.0 Å². The fourth-order valence-electron chi connectivity index (χ4n) is 4.00. The summed E-state index contributed by atoms with van der Waals surface area (Å²) in [7, 11) is -3.79. The minimum absolute atomic E-state index is 0.158. The average molecular weight is 470 g/mol. The van der Waals surface area contributed by atoms with Crippen molar-refractivity contribution in [2.45, 2.75) is 21.1 Å². The summed E-state index contributed by atoms with van der Waals surface area (Å²) in [5, 5.41) is 2.40. The van der Waals surface area contributed by atoms with Gasteiger partial charge in [-0.2, -0.15) is 0 Å². The van der Waals surface area contributed by atoms with Crippen LogP contribution >= 0.6 is 23.4 Å². The Morgan fingerprint density at radius 1 is 0.839 bits per heavy atom. The monoisotopic (exact) mass is 469 g/mol. The maximum absolute atomic E-state index is 13.4. The van der Waals surface area contributed by atoms with Gasteiger partial charge in [-0.15, -0.1) is 11.8 Å². The van der Waals surface area contributed by atoms with E-state index < -0.39 is 16.1 Å². The summed E-state index contributed by atoms with van der Waals surface area (Å²) in [6.07, 6.45) is 0. The molecule has 0 heterocycles. The Labute approximate surface area is 189 Å². The summed E-state index contributed by atoms with van der Waals surface area (Å²) in [6.45, 7) is 0. The van der Waals surface area contributed by atoms with E-state index in [9.17, 15) is 12.8 Å². The topological polar surface area (TPSA) is 46.2 Å². The van der Waals surface area contributed by atoms with E-state index >= 15 is 0 Å². The molecule has 2 atom stereocenters. The van der Waals surface area contributed by atoms with E-state index in [2.05, 4.69) is 4.72 Å². The van der Waals surface area contributed by atoms with Crippen molar-refractivity contribution in [2.24, 2.45) is 0 Å². The van der Waals surface area contributed by atoms with Crippen LogP contribution in [0.25, 0.3) is 10.8 Å². The highest BCUT2D eigenvalue weighted by Crippen LogP contribution is 2.53. The quantitative estimate of drug-likeness (QED) is 0.363. The van der Waals surface area contributed by atoms with Gasteiger partial charge in [0.15, 0.2) is 0 Å². The maximum atomic E-state index is 13.4. The molecule has 156 valence electrons. The molecular formula is C24H17ClFNO2S2. The van der Waals surface area contributed by atoms with Crippen LogP contribution in [-0.4, -0.2) is 8.42 Å². The van der Waals surface area contributed by atoms with Gasteiger partial charge in [-0.05, 0) is 70.4 Å². The minimum atomic E-state index is -3.79. The molecule has 0 saturated carbocycles. The molecule has 0 amide bonds. The van der Waals surface area contributed by atoms with E-state index in [0.717, 1.165) is 26.8 Å². The first-order chi connectivity index (χ1) is 14.9. The Hall–Kier alpha value is -2.38. The van der Waals surface area contributed by atoms with Crippen LogP contribution in [-0.2, 0) is 10.0 Å². The minimum Gasteiger partial charge on any atom is -0.207 e. The van der Waals surface area contributed by atoms with Gasteiger partial charge in [0.05, 0.1) is 16.2 Å². The Bertz CT molecular complexity index is 1370. The first-order valence-electron chi connectivity index (χ1n) is 9.64. The van der Waals surface area contributed by atoms with Crippen molar-refractivity contribution >= 4 is 44.2 Å². The number of halogens is 2. The number of thioether (sulfide) groups is 1. The van der Waals surface area contributed by atoms with Crippen LogP contribution in [0.2, 0.25) is 5.02 Å². The molecule has 4 aromatic rings. The van der Waals surface area contributed by atoms with Crippen molar-refractivity contribution in [3.8, 4) is 0 Å². The molecule has 4 aromatic carbocycles. The predicted molar refractivity (Wildman–Crippen MR) is 123 cm³/mol. The third-order valence-electron chi connectivity index (χ3n) is 5.40. The van der Waals surface area contributed by atoms with E-state index in [0.29, 0.717) is 5.02 Å². The molecule has 1 aliphatic rings. The van der Waals surface area contributed by atoms with Crippen molar-refractivity contribution in [3.05, 3.63) is 107 Å². The largest absolute Gasteiger partial charge is 0.241 e. The van der Waals surface area contributed by atoms with Crippen molar-refractivity contribution in [1.82, 2.24) is 4.72 Å². The smallest absolute Gasteiger partial charge is 0.207 e. The second-order valence-electron chi connectivity index (χ2n) is 7.34. The van der Waals surface area contributed by atoms with Gasteiger partial charge in [-0.1, -0.05) is 48.0 Å². The lowest BCUT2D eigenvalue weighted by molar-refractivity contribution is 0.557. The Morgan fingerprint density at radius 3 is 2.16 bits per heavy atom. The SMILES string of the molecule is O=S(=O)(N[C@@H]1c2cccc3cccc(c23)[C@H]1Sc1ccc(F)cc1)c1ccc(Cl)cc1. The fourth-order valence-corrected chi connectivity index (χ4v) is 6.70. The number of rotatable bonds is 5. The summed E-state index contributed by atoms with van der Waals surface area (Å²) in [6, 6.07) is 23.9. The van der Waals surface area contributed by atoms with Crippen LogP contribution in [0.3, 0.4) is 0 Å².